The van der Waals surface area contributed by atoms with Gasteiger partial charge in [-0.15, -0.1) is 6.58 Å². The van der Waals surface area contributed by atoms with Gasteiger partial charge in [-0.25, -0.2) is 9.97 Å². The van der Waals surface area contributed by atoms with Crippen LogP contribution in [0.2, 0.25) is 0 Å². The number of amides is 1. The third-order valence-electron chi connectivity index (χ3n) is 2.40. The molecule has 1 fully saturated rings. The molecule has 0 aliphatic heterocycles. The summed E-state index contributed by atoms with van der Waals surface area (Å²) in [6, 6.07) is 2.15. The molecule has 0 saturated heterocycles. The van der Waals surface area contributed by atoms with Crippen molar-refractivity contribution in [3.8, 4) is 0 Å². The molecule has 0 unspecified atom stereocenters. The van der Waals surface area contributed by atoms with Crippen LogP contribution in [-0.4, -0.2) is 28.5 Å². The second-order valence-electron chi connectivity index (χ2n) is 4.14. The van der Waals surface area contributed by atoms with E-state index in [1.807, 2.05) is 6.92 Å². The van der Waals surface area contributed by atoms with Crippen molar-refractivity contribution in [2.75, 3.05) is 11.9 Å². The van der Waals surface area contributed by atoms with Gasteiger partial charge in [-0.2, -0.15) is 0 Å². The number of nitrogens with zero attached hydrogens (tertiary/aromatic N) is 2. The minimum Gasteiger partial charge on any atom is -0.351 e. The van der Waals surface area contributed by atoms with Crippen molar-refractivity contribution in [1.29, 1.82) is 0 Å². The summed E-state index contributed by atoms with van der Waals surface area (Å²) < 4.78 is 0. The lowest BCUT2D eigenvalue weighted by Gasteiger charge is -2.07. The molecule has 5 heteroatoms. The number of aromatic nitrogens is 2. The van der Waals surface area contributed by atoms with Gasteiger partial charge < -0.3 is 10.6 Å². The molecule has 1 aliphatic rings. The smallest absolute Gasteiger partial charge is 0.270 e. The van der Waals surface area contributed by atoms with Crippen LogP contribution < -0.4 is 10.6 Å². The van der Waals surface area contributed by atoms with Gasteiger partial charge in [0.15, 0.2) is 0 Å². The van der Waals surface area contributed by atoms with Crippen molar-refractivity contribution >= 4 is 11.9 Å². The second-order valence-corrected chi connectivity index (χ2v) is 4.14. The fourth-order valence-corrected chi connectivity index (χ4v) is 1.42. The molecule has 1 aliphatic carbocycles. The van der Waals surface area contributed by atoms with Crippen LogP contribution in [0.5, 0.6) is 0 Å². The summed E-state index contributed by atoms with van der Waals surface area (Å²) in [7, 11) is 0. The number of rotatable bonds is 5. The number of carbonyl (C=O) groups excluding carboxylic acids is 1. The Hall–Kier alpha value is -1.91. The fraction of sp³-hybridized carbons (Fsp3) is 0.417. The van der Waals surface area contributed by atoms with E-state index in [-0.39, 0.29) is 5.91 Å². The van der Waals surface area contributed by atoms with Gasteiger partial charge >= 0.3 is 0 Å². The topological polar surface area (TPSA) is 66.9 Å². The quantitative estimate of drug-likeness (QED) is 0.750. The van der Waals surface area contributed by atoms with Gasteiger partial charge in [-0.05, 0) is 25.8 Å². The van der Waals surface area contributed by atoms with E-state index >= 15 is 0 Å². The first-order chi connectivity index (χ1) is 8.19. The maximum Gasteiger partial charge on any atom is 0.270 e. The van der Waals surface area contributed by atoms with Crippen LogP contribution in [0.3, 0.4) is 0 Å². The average Bonchev–Trinajstić information content (AvgIpc) is 3.09. The minimum absolute atomic E-state index is 0.200. The van der Waals surface area contributed by atoms with Crippen molar-refractivity contribution < 1.29 is 4.79 Å². The molecule has 1 aromatic heterocycles. The zero-order valence-electron chi connectivity index (χ0n) is 9.86. The summed E-state index contributed by atoms with van der Waals surface area (Å²) >= 11 is 0. The minimum atomic E-state index is -0.200. The van der Waals surface area contributed by atoms with E-state index in [2.05, 4.69) is 27.2 Å². The lowest BCUT2D eigenvalue weighted by Crippen LogP contribution is -2.25. The number of aryl methyl sites for hydroxylation is 1. The van der Waals surface area contributed by atoms with E-state index < -0.39 is 0 Å². The van der Waals surface area contributed by atoms with E-state index in [4.69, 9.17) is 0 Å². The molecule has 0 aromatic carbocycles. The standard InChI is InChI=1S/C12H16N4O/c1-3-6-13-11(17)10-7-8(2)14-12(16-10)15-9-4-5-9/h3,7,9H,1,4-6H2,2H3,(H,13,17)(H,14,15,16). The van der Waals surface area contributed by atoms with Crippen LogP contribution >= 0.6 is 0 Å². The normalized spacial score (nSPS) is 14.2. The molecular formula is C12H16N4O. The molecular weight excluding hydrogens is 216 g/mol. The molecule has 1 heterocycles. The summed E-state index contributed by atoms with van der Waals surface area (Å²) in [4.78, 5) is 20.2. The Morgan fingerprint density at radius 3 is 3.00 bits per heavy atom. The van der Waals surface area contributed by atoms with Crippen molar-refractivity contribution in [3.05, 3.63) is 30.1 Å². The predicted molar refractivity (Wildman–Crippen MR) is 65.9 cm³/mol. The lowest BCUT2D eigenvalue weighted by atomic mass is 10.3. The van der Waals surface area contributed by atoms with Crippen LogP contribution in [0.15, 0.2) is 18.7 Å². The van der Waals surface area contributed by atoms with Gasteiger partial charge in [0.05, 0.1) is 0 Å². The molecule has 1 saturated carbocycles. The highest BCUT2D eigenvalue weighted by molar-refractivity contribution is 5.92. The molecule has 5 nitrogen and oxygen atoms in total. The van der Waals surface area contributed by atoms with Crippen LogP contribution in [0.1, 0.15) is 29.0 Å². The summed E-state index contributed by atoms with van der Waals surface area (Å²) in [6.45, 7) is 5.84. The number of hydrogen-bond acceptors (Lipinski definition) is 4. The maximum absolute atomic E-state index is 11.7. The zero-order valence-corrected chi connectivity index (χ0v) is 9.86. The molecule has 0 radical (unpaired) electrons. The summed E-state index contributed by atoms with van der Waals surface area (Å²) in [6.07, 6.45) is 3.93. The first kappa shape index (κ1) is 11.6. The number of anilines is 1. The van der Waals surface area contributed by atoms with Crippen molar-refractivity contribution in [2.45, 2.75) is 25.8 Å². The van der Waals surface area contributed by atoms with Gasteiger partial charge in [0.25, 0.3) is 5.91 Å². The van der Waals surface area contributed by atoms with Gasteiger partial charge in [-0.3, -0.25) is 4.79 Å². The Morgan fingerprint density at radius 2 is 2.35 bits per heavy atom. The van der Waals surface area contributed by atoms with Gasteiger partial charge in [0.1, 0.15) is 5.69 Å². The Balaban J connectivity index is 2.11. The molecule has 1 aromatic rings. The average molecular weight is 232 g/mol. The van der Waals surface area contributed by atoms with Crippen molar-refractivity contribution in [1.82, 2.24) is 15.3 Å². The van der Waals surface area contributed by atoms with Crippen molar-refractivity contribution in [2.24, 2.45) is 0 Å². The number of carbonyl (C=O) groups is 1. The Labute approximate surface area is 100 Å². The maximum atomic E-state index is 11.7. The molecule has 0 atom stereocenters. The van der Waals surface area contributed by atoms with Crippen molar-refractivity contribution in [3.63, 3.8) is 0 Å². The highest BCUT2D eigenvalue weighted by Gasteiger charge is 2.22. The van der Waals surface area contributed by atoms with E-state index in [1.54, 1.807) is 12.1 Å². The largest absolute Gasteiger partial charge is 0.351 e. The number of nitrogens with one attached hydrogen (secondary N) is 2. The molecule has 1 amide bonds. The SMILES string of the molecule is C=CCNC(=O)c1cc(C)nc(NC2CC2)n1. The number of hydrogen-bond donors (Lipinski definition) is 2. The van der Waals surface area contributed by atoms with Crippen LogP contribution in [0, 0.1) is 6.92 Å². The summed E-state index contributed by atoms with van der Waals surface area (Å²) in [5.41, 5.74) is 1.18. The Bertz CT molecular complexity index is 440. The molecule has 0 spiro atoms. The van der Waals surface area contributed by atoms with E-state index in [1.165, 1.54) is 0 Å². The van der Waals surface area contributed by atoms with E-state index in [9.17, 15) is 4.79 Å². The Kier molecular flexibility index (Phi) is 3.37. The predicted octanol–water partition coefficient (Wildman–Crippen LogP) is 1.28. The first-order valence-electron chi connectivity index (χ1n) is 5.70. The molecule has 90 valence electrons. The second kappa shape index (κ2) is 4.95. The van der Waals surface area contributed by atoms with Crippen LogP contribution in [0.25, 0.3) is 0 Å². The first-order valence-corrected chi connectivity index (χ1v) is 5.70. The molecule has 2 rings (SSSR count). The third kappa shape index (κ3) is 3.27. The van der Waals surface area contributed by atoms with Gasteiger partial charge in [0, 0.05) is 18.3 Å². The van der Waals surface area contributed by atoms with Gasteiger partial charge in [0.2, 0.25) is 5.95 Å². The highest BCUT2D eigenvalue weighted by atomic mass is 16.1. The monoisotopic (exact) mass is 232 g/mol. The molecule has 17 heavy (non-hydrogen) atoms. The van der Waals surface area contributed by atoms with Crippen LogP contribution in [-0.2, 0) is 0 Å². The summed E-state index contributed by atoms with van der Waals surface area (Å²) in [5, 5.41) is 5.88. The van der Waals surface area contributed by atoms with E-state index in [0.717, 1.165) is 18.5 Å². The van der Waals surface area contributed by atoms with E-state index in [0.29, 0.717) is 24.2 Å². The fourth-order valence-electron chi connectivity index (χ4n) is 1.42. The Morgan fingerprint density at radius 1 is 1.59 bits per heavy atom. The molecule has 0 bridgehead atoms. The lowest BCUT2D eigenvalue weighted by molar-refractivity contribution is 0.0953. The zero-order chi connectivity index (χ0) is 12.3. The summed E-state index contributed by atoms with van der Waals surface area (Å²) in [5.74, 6) is 0.338. The van der Waals surface area contributed by atoms with Crippen LogP contribution in [0.4, 0.5) is 5.95 Å². The third-order valence-corrected chi connectivity index (χ3v) is 2.40. The highest BCUT2D eigenvalue weighted by Crippen LogP contribution is 2.23. The molecule has 2 N–H and O–H groups in total. The van der Waals surface area contributed by atoms with Gasteiger partial charge in [-0.1, -0.05) is 6.08 Å².